The number of hydrogen-bond donors (Lipinski definition) is 3. The predicted molar refractivity (Wildman–Crippen MR) is 160 cm³/mol. The topological polar surface area (TPSA) is 156 Å². The smallest absolute Gasteiger partial charge is 0.338 e. The molecule has 11 heteroatoms. The van der Waals surface area contributed by atoms with Gasteiger partial charge in [0.15, 0.2) is 18.2 Å². The van der Waals surface area contributed by atoms with Gasteiger partial charge in [-0.2, -0.15) is 0 Å². The van der Waals surface area contributed by atoms with Gasteiger partial charge in [0.25, 0.3) is 0 Å². The molecule has 9 atom stereocenters. The quantitative estimate of drug-likeness (QED) is 0.240. The van der Waals surface area contributed by atoms with Gasteiger partial charge in [0.05, 0.1) is 25.9 Å². The minimum Gasteiger partial charge on any atom is -0.459 e. The Morgan fingerprint density at radius 1 is 0.800 bits per heavy atom. The standard InChI is InChI=1S/C34H39NO10/c1-21(36)25-20-43-34(44-25)26(35)27(37)30-32(41-18-23-13-7-3-8-14-23)29(40-17-22-11-5-2-6-12-22)28(38)31(45-30)33(39)42-19-24-15-9-4-10-16-24/h2-16,21,25-26,28-32,34,36,38H,17-20,35H2,1H3/t21?,25?,26-,28?,29?,30?,31?,32?,34?/m0/s1. The fourth-order valence-corrected chi connectivity index (χ4v) is 5.20. The third-order valence-corrected chi connectivity index (χ3v) is 7.76. The number of aliphatic hydroxyl groups excluding tert-OH is 2. The van der Waals surface area contributed by atoms with Crippen molar-refractivity contribution in [3.05, 3.63) is 108 Å². The number of rotatable bonds is 13. The number of hydrogen-bond acceptors (Lipinski definition) is 11. The van der Waals surface area contributed by atoms with Gasteiger partial charge in [-0.05, 0) is 23.6 Å². The molecule has 2 heterocycles. The monoisotopic (exact) mass is 621 g/mol. The molecule has 0 saturated carbocycles. The molecule has 0 aliphatic carbocycles. The lowest BCUT2D eigenvalue weighted by atomic mass is 9.90. The number of benzene rings is 3. The van der Waals surface area contributed by atoms with E-state index in [1.807, 2.05) is 78.9 Å². The van der Waals surface area contributed by atoms with Crippen molar-refractivity contribution in [2.45, 2.75) is 81.8 Å². The second-order valence-corrected chi connectivity index (χ2v) is 11.1. The minimum absolute atomic E-state index is 0.0404. The predicted octanol–water partition coefficient (Wildman–Crippen LogP) is 2.05. The zero-order valence-corrected chi connectivity index (χ0v) is 24.9. The van der Waals surface area contributed by atoms with Gasteiger partial charge in [-0.3, -0.25) is 4.79 Å². The van der Waals surface area contributed by atoms with Gasteiger partial charge < -0.3 is 44.4 Å². The van der Waals surface area contributed by atoms with Crippen LogP contribution in [0.3, 0.4) is 0 Å². The molecule has 11 nitrogen and oxygen atoms in total. The number of ether oxygens (including phenoxy) is 6. The van der Waals surface area contributed by atoms with Gasteiger partial charge in [-0.25, -0.2) is 4.79 Å². The van der Waals surface area contributed by atoms with Crippen LogP contribution in [0.25, 0.3) is 0 Å². The third kappa shape index (κ3) is 8.40. The van der Waals surface area contributed by atoms with Crippen LogP contribution in [-0.2, 0) is 57.8 Å². The summed E-state index contributed by atoms with van der Waals surface area (Å²) in [5.74, 6) is -1.57. The molecule has 0 amide bonds. The minimum atomic E-state index is -1.59. The first-order valence-corrected chi connectivity index (χ1v) is 14.9. The molecule has 8 unspecified atom stereocenters. The highest BCUT2D eigenvalue weighted by atomic mass is 16.7. The summed E-state index contributed by atoms with van der Waals surface area (Å²) >= 11 is 0. The van der Waals surface area contributed by atoms with Crippen LogP contribution in [-0.4, -0.2) is 83.6 Å². The van der Waals surface area contributed by atoms with Crippen LogP contribution < -0.4 is 5.73 Å². The second kappa shape index (κ2) is 15.7. The highest BCUT2D eigenvalue weighted by Crippen LogP contribution is 2.31. The first-order chi connectivity index (χ1) is 21.8. The number of aliphatic hydroxyl groups is 2. The molecule has 3 aromatic carbocycles. The van der Waals surface area contributed by atoms with E-state index < -0.39 is 66.8 Å². The Labute approximate surface area is 261 Å². The van der Waals surface area contributed by atoms with E-state index in [0.717, 1.165) is 16.7 Å². The lowest BCUT2D eigenvalue weighted by Gasteiger charge is -2.43. The molecule has 4 N–H and O–H groups in total. The average molecular weight is 622 g/mol. The van der Waals surface area contributed by atoms with Crippen LogP contribution in [0.1, 0.15) is 23.6 Å². The maximum Gasteiger partial charge on any atom is 0.338 e. The van der Waals surface area contributed by atoms with Crippen molar-refractivity contribution in [1.82, 2.24) is 0 Å². The summed E-state index contributed by atoms with van der Waals surface area (Å²) in [6, 6.07) is 26.2. The van der Waals surface area contributed by atoms with Crippen LogP contribution >= 0.6 is 0 Å². The van der Waals surface area contributed by atoms with E-state index in [4.69, 9.17) is 34.2 Å². The fourth-order valence-electron chi connectivity index (χ4n) is 5.20. The highest BCUT2D eigenvalue weighted by molar-refractivity contribution is 5.90. The average Bonchev–Trinajstić information content (AvgIpc) is 3.58. The van der Waals surface area contributed by atoms with Crippen molar-refractivity contribution in [3.8, 4) is 0 Å². The molecule has 0 aromatic heterocycles. The summed E-state index contributed by atoms with van der Waals surface area (Å²) in [7, 11) is 0. The summed E-state index contributed by atoms with van der Waals surface area (Å²) in [6.07, 6.45) is -9.70. The number of carbonyl (C=O) groups is 2. The summed E-state index contributed by atoms with van der Waals surface area (Å²) < 4.78 is 35.3. The maximum absolute atomic E-state index is 14.0. The third-order valence-electron chi connectivity index (χ3n) is 7.76. The molecule has 45 heavy (non-hydrogen) atoms. The molecule has 0 spiro atoms. The van der Waals surface area contributed by atoms with Crippen LogP contribution in [0.5, 0.6) is 0 Å². The Balaban J connectivity index is 1.42. The van der Waals surface area contributed by atoms with E-state index in [0.29, 0.717) is 0 Å². The molecule has 2 aliphatic rings. The van der Waals surface area contributed by atoms with Gasteiger partial charge >= 0.3 is 5.97 Å². The largest absolute Gasteiger partial charge is 0.459 e. The lowest BCUT2D eigenvalue weighted by Crippen LogP contribution is -2.65. The number of esters is 1. The van der Waals surface area contributed by atoms with Crippen molar-refractivity contribution in [1.29, 1.82) is 0 Å². The number of Topliss-reactive ketones (excluding diaryl/α,β-unsaturated/α-hetero) is 1. The molecular weight excluding hydrogens is 582 g/mol. The number of carbonyl (C=O) groups excluding carboxylic acids is 2. The second-order valence-electron chi connectivity index (χ2n) is 11.1. The van der Waals surface area contributed by atoms with Crippen LogP contribution in [0.15, 0.2) is 91.0 Å². The molecule has 2 saturated heterocycles. The van der Waals surface area contributed by atoms with Crippen molar-refractivity contribution >= 4 is 11.8 Å². The number of nitrogens with two attached hydrogens (primary N) is 1. The Bertz CT molecular complexity index is 1360. The molecular formula is C34H39NO10. The summed E-state index contributed by atoms with van der Waals surface area (Å²) in [5.41, 5.74) is 8.69. The molecule has 0 radical (unpaired) electrons. The molecule has 2 fully saturated rings. The zero-order valence-electron chi connectivity index (χ0n) is 24.9. The first-order valence-electron chi connectivity index (χ1n) is 14.9. The van der Waals surface area contributed by atoms with E-state index in [-0.39, 0.29) is 26.4 Å². The zero-order chi connectivity index (χ0) is 31.8. The Morgan fingerprint density at radius 2 is 1.31 bits per heavy atom. The normalized spacial score (nSPS) is 27.9. The summed E-state index contributed by atoms with van der Waals surface area (Å²) in [6.45, 7) is 1.62. The summed E-state index contributed by atoms with van der Waals surface area (Å²) in [4.78, 5) is 27.4. The first kappa shape index (κ1) is 32.9. The molecule has 240 valence electrons. The Hall–Kier alpha value is -3.52. The highest BCUT2D eigenvalue weighted by Gasteiger charge is 2.54. The van der Waals surface area contributed by atoms with Crippen LogP contribution in [0.2, 0.25) is 0 Å². The molecule has 0 bridgehead atoms. The van der Waals surface area contributed by atoms with Gasteiger partial charge in [0, 0.05) is 0 Å². The maximum atomic E-state index is 14.0. The van der Waals surface area contributed by atoms with Crippen LogP contribution in [0.4, 0.5) is 0 Å². The molecule has 3 aromatic rings. The van der Waals surface area contributed by atoms with Crippen molar-refractivity contribution in [2.24, 2.45) is 5.73 Å². The van der Waals surface area contributed by atoms with E-state index in [2.05, 4.69) is 0 Å². The van der Waals surface area contributed by atoms with Crippen molar-refractivity contribution in [3.63, 3.8) is 0 Å². The van der Waals surface area contributed by atoms with E-state index in [9.17, 15) is 19.8 Å². The Morgan fingerprint density at radius 3 is 1.82 bits per heavy atom. The molecule has 2 aliphatic heterocycles. The van der Waals surface area contributed by atoms with Crippen molar-refractivity contribution < 1.29 is 48.2 Å². The van der Waals surface area contributed by atoms with Crippen molar-refractivity contribution in [2.75, 3.05) is 6.61 Å². The number of ketones is 1. The van der Waals surface area contributed by atoms with Crippen LogP contribution in [0, 0.1) is 0 Å². The summed E-state index contributed by atoms with van der Waals surface area (Å²) in [5, 5.41) is 21.5. The van der Waals surface area contributed by atoms with Gasteiger partial charge in [-0.1, -0.05) is 91.0 Å². The van der Waals surface area contributed by atoms with E-state index in [1.54, 1.807) is 19.1 Å². The Kier molecular flexibility index (Phi) is 11.4. The lowest BCUT2D eigenvalue weighted by molar-refractivity contribution is -0.252. The van der Waals surface area contributed by atoms with E-state index in [1.165, 1.54) is 0 Å². The van der Waals surface area contributed by atoms with Gasteiger partial charge in [-0.15, -0.1) is 0 Å². The van der Waals surface area contributed by atoms with Gasteiger partial charge in [0.2, 0.25) is 0 Å². The van der Waals surface area contributed by atoms with Gasteiger partial charge in [0.1, 0.15) is 43.2 Å². The SMILES string of the molecule is CC(O)C1COC([C@@H](N)C(=O)C2OC(C(=O)OCc3ccccc3)C(O)C(OCc3ccccc3)C2OCc2ccccc2)O1. The van der Waals surface area contributed by atoms with E-state index >= 15 is 0 Å². The molecule has 5 rings (SSSR count). The fraction of sp³-hybridized carbons (Fsp3) is 0.412.